The number of rotatable bonds is 7. The molecule has 0 aliphatic rings. The largest absolute Gasteiger partial charge is 0.489 e. The Morgan fingerprint density at radius 1 is 1.33 bits per heavy atom. The molecule has 0 spiro atoms. The molecule has 0 fully saturated rings. The Hall–Kier alpha value is -1.77. The fourth-order valence-corrected chi connectivity index (χ4v) is 1.84. The average Bonchev–Trinajstić information content (AvgIpc) is 2.39. The van der Waals surface area contributed by atoms with E-state index in [-0.39, 0.29) is 36.4 Å². The second-order valence-corrected chi connectivity index (χ2v) is 5.10. The van der Waals surface area contributed by atoms with E-state index in [1.807, 2.05) is 20.8 Å². The van der Waals surface area contributed by atoms with E-state index in [1.54, 1.807) is 24.3 Å². The number of amides is 1. The average molecular weight is 312 g/mol. The first-order valence-corrected chi connectivity index (χ1v) is 6.63. The zero-order chi connectivity index (χ0) is 15.1. The van der Waals surface area contributed by atoms with Crippen LogP contribution < -0.4 is 15.8 Å². The summed E-state index contributed by atoms with van der Waals surface area (Å²) in [5.41, 5.74) is 5.93. The Morgan fingerprint density at radius 2 is 1.90 bits per heavy atom. The highest BCUT2D eigenvalue weighted by Crippen LogP contribution is 2.13. The minimum absolute atomic E-state index is 0. The summed E-state index contributed by atoms with van der Waals surface area (Å²) in [5, 5.41) is 11.8. The molecule has 1 aromatic rings. The van der Waals surface area contributed by atoms with E-state index in [0.717, 1.165) is 0 Å². The molecule has 21 heavy (non-hydrogen) atoms. The lowest BCUT2D eigenvalue weighted by Crippen LogP contribution is -2.47. The number of nitriles is 1. The van der Waals surface area contributed by atoms with Crippen LogP contribution in [0.5, 0.6) is 5.75 Å². The third-order valence-electron chi connectivity index (χ3n) is 2.92. The van der Waals surface area contributed by atoms with Crippen LogP contribution in [-0.2, 0) is 4.79 Å². The molecule has 2 atom stereocenters. The van der Waals surface area contributed by atoms with E-state index >= 15 is 0 Å². The normalized spacial score (nSPS) is 12.9. The second-order valence-electron chi connectivity index (χ2n) is 5.10. The van der Waals surface area contributed by atoms with Gasteiger partial charge in [0, 0.05) is 6.54 Å². The number of primary amides is 1. The van der Waals surface area contributed by atoms with Crippen LogP contribution in [0.25, 0.3) is 0 Å². The van der Waals surface area contributed by atoms with Crippen molar-refractivity contribution in [2.75, 3.05) is 6.54 Å². The minimum Gasteiger partial charge on any atom is -0.489 e. The third-order valence-corrected chi connectivity index (χ3v) is 2.92. The summed E-state index contributed by atoms with van der Waals surface area (Å²) >= 11 is 0. The van der Waals surface area contributed by atoms with Gasteiger partial charge in [0.2, 0.25) is 5.91 Å². The minimum atomic E-state index is -0.359. The SMILES string of the molecule is CC(CN[C@H](C(N)=O)C(C)C)Oc1ccc(C#N)cc1.Cl. The van der Waals surface area contributed by atoms with Gasteiger partial charge in [-0.25, -0.2) is 0 Å². The maximum Gasteiger partial charge on any atom is 0.234 e. The van der Waals surface area contributed by atoms with E-state index in [4.69, 9.17) is 15.7 Å². The van der Waals surface area contributed by atoms with E-state index in [9.17, 15) is 4.79 Å². The van der Waals surface area contributed by atoms with Crippen molar-refractivity contribution in [3.63, 3.8) is 0 Å². The molecule has 0 saturated heterocycles. The monoisotopic (exact) mass is 311 g/mol. The van der Waals surface area contributed by atoms with Crippen molar-refractivity contribution < 1.29 is 9.53 Å². The number of halogens is 1. The topological polar surface area (TPSA) is 88.1 Å². The first kappa shape index (κ1) is 19.2. The highest BCUT2D eigenvalue weighted by Gasteiger charge is 2.19. The second kappa shape index (κ2) is 9.22. The zero-order valence-electron chi connectivity index (χ0n) is 12.5. The molecule has 1 amide bonds. The number of nitrogens with two attached hydrogens (primary N) is 1. The predicted molar refractivity (Wildman–Crippen MR) is 84.3 cm³/mol. The number of ether oxygens (including phenoxy) is 1. The van der Waals surface area contributed by atoms with Gasteiger partial charge < -0.3 is 15.8 Å². The standard InChI is InChI=1S/C15H21N3O2.ClH/c1-10(2)14(15(17)19)18-9-11(3)20-13-6-4-12(8-16)5-7-13;/h4-7,10-11,14,18H,9H2,1-3H3,(H2,17,19);1H/t11?,14-;/m0./s1. The molecule has 1 unspecified atom stereocenters. The van der Waals surface area contributed by atoms with Gasteiger partial charge in [0.1, 0.15) is 11.9 Å². The Balaban J connectivity index is 0.00000400. The van der Waals surface area contributed by atoms with Crippen molar-refractivity contribution in [1.82, 2.24) is 5.32 Å². The Kier molecular flexibility index (Phi) is 8.44. The highest BCUT2D eigenvalue weighted by atomic mass is 35.5. The smallest absolute Gasteiger partial charge is 0.234 e. The molecule has 6 heteroatoms. The number of benzene rings is 1. The van der Waals surface area contributed by atoms with Crippen molar-refractivity contribution in [1.29, 1.82) is 5.26 Å². The molecule has 1 rings (SSSR count). The van der Waals surface area contributed by atoms with Crippen LogP contribution in [0.1, 0.15) is 26.3 Å². The predicted octanol–water partition coefficient (Wildman–Crippen LogP) is 1.85. The van der Waals surface area contributed by atoms with E-state index in [0.29, 0.717) is 17.9 Å². The summed E-state index contributed by atoms with van der Waals surface area (Å²) in [6.07, 6.45) is -0.108. The van der Waals surface area contributed by atoms with Gasteiger partial charge in [0.25, 0.3) is 0 Å². The van der Waals surface area contributed by atoms with Crippen molar-refractivity contribution in [3.8, 4) is 11.8 Å². The lowest BCUT2D eigenvalue weighted by molar-refractivity contribution is -0.121. The molecule has 0 aliphatic carbocycles. The number of hydrogen-bond donors (Lipinski definition) is 2. The number of carbonyl (C=O) groups is 1. The summed E-state index contributed by atoms with van der Waals surface area (Å²) < 4.78 is 5.70. The van der Waals surface area contributed by atoms with Crippen molar-refractivity contribution >= 4 is 18.3 Å². The molecular weight excluding hydrogens is 290 g/mol. The quantitative estimate of drug-likeness (QED) is 0.804. The first-order chi connectivity index (χ1) is 9.43. The lowest BCUT2D eigenvalue weighted by Gasteiger charge is -2.22. The van der Waals surface area contributed by atoms with Crippen LogP contribution in [0, 0.1) is 17.2 Å². The van der Waals surface area contributed by atoms with Crippen molar-refractivity contribution in [2.24, 2.45) is 11.7 Å². The van der Waals surface area contributed by atoms with Gasteiger partial charge in [0.05, 0.1) is 17.7 Å². The van der Waals surface area contributed by atoms with Gasteiger partial charge >= 0.3 is 0 Å². The molecule has 0 bridgehead atoms. The Bertz CT molecular complexity index is 483. The van der Waals surface area contributed by atoms with Crippen molar-refractivity contribution in [2.45, 2.75) is 32.9 Å². The van der Waals surface area contributed by atoms with Crippen LogP contribution in [0.4, 0.5) is 0 Å². The van der Waals surface area contributed by atoms with Crippen LogP contribution >= 0.6 is 12.4 Å². The van der Waals surface area contributed by atoms with Gasteiger partial charge in [0.15, 0.2) is 0 Å². The molecule has 0 heterocycles. The molecule has 116 valence electrons. The summed E-state index contributed by atoms with van der Waals surface area (Å²) in [5.74, 6) is 0.471. The van der Waals surface area contributed by atoms with Crippen molar-refractivity contribution in [3.05, 3.63) is 29.8 Å². The van der Waals surface area contributed by atoms with Gasteiger partial charge in [-0.15, -0.1) is 12.4 Å². The third kappa shape index (κ3) is 6.48. The molecule has 0 radical (unpaired) electrons. The van der Waals surface area contributed by atoms with Crippen LogP contribution in [0.15, 0.2) is 24.3 Å². The Labute approximate surface area is 131 Å². The summed E-state index contributed by atoms with van der Waals surface area (Å²) in [6, 6.07) is 8.61. The summed E-state index contributed by atoms with van der Waals surface area (Å²) in [6.45, 7) is 6.30. The fourth-order valence-electron chi connectivity index (χ4n) is 1.84. The van der Waals surface area contributed by atoms with E-state index in [1.165, 1.54) is 0 Å². The van der Waals surface area contributed by atoms with Crippen LogP contribution in [0.2, 0.25) is 0 Å². The number of nitrogens with zero attached hydrogens (tertiary/aromatic N) is 1. The maximum atomic E-state index is 11.3. The summed E-state index contributed by atoms with van der Waals surface area (Å²) in [7, 11) is 0. The number of hydrogen-bond acceptors (Lipinski definition) is 4. The maximum absolute atomic E-state index is 11.3. The molecule has 3 N–H and O–H groups in total. The van der Waals surface area contributed by atoms with Gasteiger partial charge in [-0.05, 0) is 37.1 Å². The first-order valence-electron chi connectivity index (χ1n) is 6.63. The van der Waals surface area contributed by atoms with Crippen LogP contribution in [-0.4, -0.2) is 24.6 Å². The zero-order valence-corrected chi connectivity index (χ0v) is 13.3. The molecule has 1 aromatic carbocycles. The summed E-state index contributed by atoms with van der Waals surface area (Å²) in [4.78, 5) is 11.3. The van der Waals surface area contributed by atoms with Gasteiger partial charge in [-0.2, -0.15) is 5.26 Å². The molecule has 5 nitrogen and oxygen atoms in total. The lowest BCUT2D eigenvalue weighted by atomic mass is 10.0. The molecule has 0 saturated carbocycles. The fraction of sp³-hybridized carbons (Fsp3) is 0.467. The van der Waals surface area contributed by atoms with Gasteiger partial charge in [-0.1, -0.05) is 13.8 Å². The molecule has 0 aromatic heterocycles. The molecule has 0 aliphatic heterocycles. The molecular formula is C15H22ClN3O2. The van der Waals surface area contributed by atoms with Gasteiger partial charge in [-0.3, -0.25) is 4.79 Å². The Morgan fingerprint density at radius 3 is 2.33 bits per heavy atom. The number of nitrogens with one attached hydrogen (secondary N) is 1. The van der Waals surface area contributed by atoms with E-state index < -0.39 is 0 Å². The van der Waals surface area contributed by atoms with E-state index in [2.05, 4.69) is 11.4 Å². The number of carbonyl (C=O) groups excluding carboxylic acids is 1. The highest BCUT2D eigenvalue weighted by molar-refractivity contribution is 5.85. The van der Waals surface area contributed by atoms with Crippen LogP contribution in [0.3, 0.4) is 0 Å².